The second kappa shape index (κ2) is 7.58. The highest BCUT2D eigenvalue weighted by Crippen LogP contribution is 2.32. The Hall–Kier alpha value is -2.51. The first kappa shape index (κ1) is 17.3. The molecule has 0 bridgehead atoms. The van der Waals surface area contributed by atoms with E-state index in [4.69, 9.17) is 5.73 Å². The summed E-state index contributed by atoms with van der Waals surface area (Å²) in [5.41, 5.74) is 7.05. The first-order chi connectivity index (χ1) is 12.0. The Kier molecular flexibility index (Phi) is 5.25. The Balaban J connectivity index is 1.69. The Morgan fingerprint density at radius 3 is 2.72 bits per heavy atom. The number of thiazole rings is 1. The third-order valence-corrected chi connectivity index (χ3v) is 5.51. The van der Waals surface area contributed by atoms with Gasteiger partial charge in [0.05, 0.1) is 26.8 Å². The first-order valence-electron chi connectivity index (χ1n) is 7.73. The number of aromatic nitrogens is 1. The van der Waals surface area contributed by atoms with E-state index in [1.54, 1.807) is 46.9 Å². The van der Waals surface area contributed by atoms with Crippen LogP contribution in [0, 0.1) is 6.92 Å². The van der Waals surface area contributed by atoms with Crippen molar-refractivity contribution in [3.63, 3.8) is 0 Å². The number of amides is 2. The van der Waals surface area contributed by atoms with Crippen molar-refractivity contribution in [2.24, 2.45) is 5.73 Å². The molecule has 0 aliphatic carbocycles. The van der Waals surface area contributed by atoms with Gasteiger partial charge in [-0.3, -0.25) is 9.59 Å². The molecule has 0 aliphatic rings. The highest BCUT2D eigenvalue weighted by molar-refractivity contribution is 7.15. The van der Waals surface area contributed by atoms with E-state index in [1.807, 2.05) is 24.4 Å². The Morgan fingerprint density at radius 2 is 2.00 bits per heavy atom. The first-order valence-corrected chi connectivity index (χ1v) is 9.43. The molecule has 0 spiro atoms. The molecule has 0 radical (unpaired) electrons. The predicted octanol–water partition coefficient (Wildman–Crippen LogP) is 3.85. The summed E-state index contributed by atoms with van der Waals surface area (Å²) in [6.07, 6.45) is 0.913. The number of para-hydroxylation sites is 1. The number of hydrogen-bond donors (Lipinski definition) is 2. The van der Waals surface area contributed by atoms with Crippen LogP contribution in [0.4, 0.5) is 5.69 Å². The van der Waals surface area contributed by atoms with Gasteiger partial charge in [-0.2, -0.15) is 0 Å². The monoisotopic (exact) mass is 371 g/mol. The van der Waals surface area contributed by atoms with Crippen LogP contribution >= 0.6 is 22.7 Å². The number of nitrogens with one attached hydrogen (secondary N) is 1. The molecule has 1 aromatic carbocycles. The lowest BCUT2D eigenvalue weighted by Gasteiger charge is -2.08. The highest BCUT2D eigenvalue weighted by atomic mass is 32.1. The molecule has 2 heterocycles. The highest BCUT2D eigenvalue weighted by Gasteiger charge is 2.15. The fourth-order valence-corrected chi connectivity index (χ4v) is 4.25. The van der Waals surface area contributed by atoms with Gasteiger partial charge in [-0.05, 0) is 36.9 Å². The standard InChI is InChI=1S/C18H17N3O2S2/c1-11-20-17(14-7-4-10-24-14)15(25-11)8-9-16(22)21-13-6-3-2-5-12(13)18(19)23/h2-7,10H,8-9H2,1H3,(H2,19,23)(H,21,22). The minimum absolute atomic E-state index is 0.156. The molecule has 0 atom stereocenters. The van der Waals surface area contributed by atoms with E-state index in [2.05, 4.69) is 10.3 Å². The van der Waals surface area contributed by atoms with E-state index < -0.39 is 5.91 Å². The van der Waals surface area contributed by atoms with Gasteiger partial charge in [-0.15, -0.1) is 22.7 Å². The quantitative estimate of drug-likeness (QED) is 0.690. The number of carbonyl (C=O) groups is 2. The number of benzene rings is 1. The molecule has 0 saturated heterocycles. The molecule has 2 aromatic heterocycles. The Labute approximate surface area is 153 Å². The number of nitrogens with zero attached hydrogens (tertiary/aromatic N) is 1. The average molecular weight is 371 g/mol. The van der Waals surface area contributed by atoms with E-state index in [0.717, 1.165) is 20.5 Å². The minimum atomic E-state index is -0.561. The number of primary amides is 1. The molecule has 25 heavy (non-hydrogen) atoms. The third-order valence-electron chi connectivity index (χ3n) is 3.60. The summed E-state index contributed by atoms with van der Waals surface area (Å²) in [6.45, 7) is 1.97. The van der Waals surface area contributed by atoms with Crippen molar-refractivity contribution >= 4 is 40.2 Å². The second-order valence-electron chi connectivity index (χ2n) is 5.44. The van der Waals surface area contributed by atoms with Crippen molar-refractivity contribution in [3.8, 4) is 10.6 Å². The summed E-state index contributed by atoms with van der Waals surface area (Å²) in [5, 5.41) is 5.77. The number of hydrogen-bond acceptors (Lipinski definition) is 5. The molecule has 2 amide bonds. The minimum Gasteiger partial charge on any atom is -0.366 e. The Morgan fingerprint density at radius 1 is 1.20 bits per heavy atom. The van der Waals surface area contributed by atoms with Gasteiger partial charge in [-0.1, -0.05) is 18.2 Å². The molecule has 7 heteroatoms. The molecule has 3 aromatic rings. The van der Waals surface area contributed by atoms with Gasteiger partial charge in [0.25, 0.3) is 5.91 Å². The van der Waals surface area contributed by atoms with Crippen LogP contribution in [0.2, 0.25) is 0 Å². The van der Waals surface area contributed by atoms with Crippen LogP contribution in [0.25, 0.3) is 10.6 Å². The number of nitrogens with two attached hydrogens (primary N) is 1. The molecule has 0 aliphatic heterocycles. The van der Waals surface area contributed by atoms with Crippen LogP contribution in [-0.2, 0) is 11.2 Å². The molecular formula is C18H17N3O2S2. The lowest BCUT2D eigenvalue weighted by atomic mass is 10.1. The lowest BCUT2D eigenvalue weighted by molar-refractivity contribution is -0.116. The van der Waals surface area contributed by atoms with Crippen LogP contribution in [0.1, 0.15) is 26.7 Å². The molecule has 3 rings (SSSR count). The van der Waals surface area contributed by atoms with Gasteiger partial charge in [0.15, 0.2) is 0 Å². The third kappa shape index (κ3) is 4.12. The van der Waals surface area contributed by atoms with Crippen molar-refractivity contribution in [1.82, 2.24) is 4.98 Å². The van der Waals surface area contributed by atoms with E-state index in [1.165, 1.54) is 0 Å². The fourth-order valence-electron chi connectivity index (χ4n) is 2.49. The van der Waals surface area contributed by atoms with Crippen molar-refractivity contribution in [3.05, 3.63) is 57.2 Å². The van der Waals surface area contributed by atoms with E-state index in [-0.39, 0.29) is 5.91 Å². The summed E-state index contributed by atoms with van der Waals surface area (Å²) in [5.74, 6) is -0.717. The maximum Gasteiger partial charge on any atom is 0.250 e. The molecule has 3 N–H and O–H groups in total. The van der Waals surface area contributed by atoms with Gasteiger partial charge in [0.1, 0.15) is 0 Å². The van der Waals surface area contributed by atoms with Gasteiger partial charge in [-0.25, -0.2) is 4.98 Å². The van der Waals surface area contributed by atoms with Crippen LogP contribution < -0.4 is 11.1 Å². The van der Waals surface area contributed by atoms with Crippen molar-refractivity contribution < 1.29 is 9.59 Å². The van der Waals surface area contributed by atoms with Gasteiger partial charge < -0.3 is 11.1 Å². The molecule has 0 saturated carbocycles. The summed E-state index contributed by atoms with van der Waals surface area (Å²) < 4.78 is 0. The maximum atomic E-state index is 12.3. The Bertz CT molecular complexity index is 901. The molecule has 0 unspecified atom stereocenters. The van der Waals surface area contributed by atoms with E-state index in [9.17, 15) is 9.59 Å². The summed E-state index contributed by atoms with van der Waals surface area (Å²) in [4.78, 5) is 30.5. The zero-order valence-electron chi connectivity index (χ0n) is 13.6. The number of thiophene rings is 1. The van der Waals surface area contributed by atoms with Crippen molar-refractivity contribution in [1.29, 1.82) is 0 Å². The predicted molar refractivity (Wildman–Crippen MR) is 102 cm³/mol. The zero-order valence-corrected chi connectivity index (χ0v) is 15.2. The molecule has 0 fully saturated rings. The van der Waals surface area contributed by atoms with Crippen LogP contribution in [0.3, 0.4) is 0 Å². The zero-order chi connectivity index (χ0) is 17.8. The number of rotatable bonds is 6. The molecular weight excluding hydrogens is 354 g/mol. The van der Waals surface area contributed by atoms with Gasteiger partial charge >= 0.3 is 0 Å². The normalized spacial score (nSPS) is 10.6. The van der Waals surface area contributed by atoms with Crippen LogP contribution in [-0.4, -0.2) is 16.8 Å². The summed E-state index contributed by atoms with van der Waals surface area (Å²) >= 11 is 3.25. The number of anilines is 1. The van der Waals surface area contributed by atoms with E-state index >= 15 is 0 Å². The number of aryl methyl sites for hydroxylation is 2. The maximum absolute atomic E-state index is 12.3. The summed E-state index contributed by atoms with van der Waals surface area (Å²) in [6, 6.07) is 10.8. The number of carbonyl (C=O) groups excluding carboxylic acids is 2. The molecule has 128 valence electrons. The smallest absolute Gasteiger partial charge is 0.250 e. The van der Waals surface area contributed by atoms with Crippen LogP contribution in [0.5, 0.6) is 0 Å². The largest absolute Gasteiger partial charge is 0.366 e. The van der Waals surface area contributed by atoms with Gasteiger partial charge in [0.2, 0.25) is 5.91 Å². The fraction of sp³-hybridized carbons (Fsp3) is 0.167. The van der Waals surface area contributed by atoms with Crippen molar-refractivity contribution in [2.75, 3.05) is 5.32 Å². The molecule has 5 nitrogen and oxygen atoms in total. The topological polar surface area (TPSA) is 85.1 Å². The van der Waals surface area contributed by atoms with Crippen molar-refractivity contribution in [2.45, 2.75) is 19.8 Å². The summed E-state index contributed by atoms with van der Waals surface area (Å²) in [7, 11) is 0. The second-order valence-corrected chi connectivity index (χ2v) is 7.68. The van der Waals surface area contributed by atoms with Gasteiger partial charge in [0, 0.05) is 11.3 Å². The van der Waals surface area contributed by atoms with Crippen LogP contribution in [0.15, 0.2) is 41.8 Å². The average Bonchev–Trinajstić information content (AvgIpc) is 3.22. The SMILES string of the molecule is Cc1nc(-c2cccs2)c(CCC(=O)Nc2ccccc2C(N)=O)s1. The lowest BCUT2D eigenvalue weighted by Crippen LogP contribution is -2.18. The van der Waals surface area contributed by atoms with E-state index in [0.29, 0.717) is 24.1 Å².